The number of carbonyl (C=O) groups excluding carboxylic acids is 1. The van der Waals surface area contributed by atoms with Crippen LogP contribution in [0.1, 0.15) is 29.8 Å². The third kappa shape index (κ3) is 6.79. The van der Waals surface area contributed by atoms with E-state index in [4.69, 9.17) is 31.2 Å². The maximum Gasteiger partial charge on any atom is 0.220 e. The second-order valence-corrected chi connectivity index (χ2v) is 11.1. The zero-order valence-corrected chi connectivity index (χ0v) is 25.6. The quantitative estimate of drug-likeness (QED) is 0.248. The lowest BCUT2D eigenvalue weighted by atomic mass is 10.1. The van der Waals surface area contributed by atoms with Crippen molar-refractivity contribution in [2.75, 3.05) is 58.4 Å². The van der Waals surface area contributed by atoms with Crippen LogP contribution in [0.3, 0.4) is 0 Å². The molecule has 0 saturated carbocycles. The molecule has 4 aromatic rings. The molecule has 0 aliphatic carbocycles. The maximum atomic E-state index is 12.7. The van der Waals surface area contributed by atoms with Crippen LogP contribution < -0.4 is 19.7 Å². The molecule has 9 nitrogen and oxygen atoms in total. The van der Waals surface area contributed by atoms with E-state index in [2.05, 4.69) is 21.2 Å². The molecule has 42 heavy (non-hydrogen) atoms. The van der Waals surface area contributed by atoms with Gasteiger partial charge in [-0.3, -0.25) is 9.69 Å². The van der Waals surface area contributed by atoms with E-state index in [0.717, 1.165) is 83.8 Å². The fourth-order valence-corrected chi connectivity index (χ4v) is 5.77. The largest absolute Gasteiger partial charge is 0.497 e. The monoisotopic (exact) mass is 590 g/mol. The Morgan fingerprint density at radius 3 is 2.57 bits per heavy atom. The number of ether oxygens (including phenoxy) is 2. The Bertz CT molecular complexity index is 1550. The van der Waals surface area contributed by atoms with Gasteiger partial charge in [0.1, 0.15) is 11.5 Å². The average molecular weight is 591 g/mol. The molecule has 5 rings (SSSR count). The molecule has 1 fully saturated rings. The zero-order valence-electron chi connectivity index (χ0n) is 24.8. The van der Waals surface area contributed by atoms with Crippen LogP contribution in [0.15, 0.2) is 48.5 Å². The highest BCUT2D eigenvalue weighted by Gasteiger charge is 2.18. The molecule has 1 amide bonds. The molecule has 1 aliphatic heterocycles. The Labute approximate surface area is 252 Å². The molecular weight excluding hydrogens is 552 g/mol. The number of piperazine rings is 1. The number of aryl methyl sites for hydroxylation is 2. The summed E-state index contributed by atoms with van der Waals surface area (Å²) >= 11 is 6.15. The van der Waals surface area contributed by atoms with E-state index in [1.54, 1.807) is 14.2 Å². The molecule has 1 N–H and O–H groups in total. The Morgan fingerprint density at radius 1 is 1.02 bits per heavy atom. The first-order valence-electron chi connectivity index (χ1n) is 14.4. The molecule has 0 atom stereocenters. The van der Waals surface area contributed by atoms with E-state index in [-0.39, 0.29) is 5.91 Å². The van der Waals surface area contributed by atoms with Crippen LogP contribution in [0.4, 0.5) is 5.69 Å². The van der Waals surface area contributed by atoms with Gasteiger partial charge >= 0.3 is 0 Å². The van der Waals surface area contributed by atoms with Gasteiger partial charge in [-0.25, -0.2) is 9.50 Å². The van der Waals surface area contributed by atoms with Crippen LogP contribution in [-0.2, 0) is 11.2 Å². The predicted molar refractivity (Wildman–Crippen MR) is 167 cm³/mol. The minimum atomic E-state index is 0.0591. The lowest BCUT2D eigenvalue weighted by molar-refractivity contribution is -0.121. The first-order chi connectivity index (χ1) is 20.4. The summed E-state index contributed by atoms with van der Waals surface area (Å²) in [5.74, 6) is 1.46. The Kier molecular flexibility index (Phi) is 9.49. The molecule has 2 aromatic heterocycles. The van der Waals surface area contributed by atoms with Crippen molar-refractivity contribution in [2.45, 2.75) is 33.1 Å². The van der Waals surface area contributed by atoms with Crippen LogP contribution in [0.25, 0.3) is 16.9 Å². The van der Waals surface area contributed by atoms with Gasteiger partial charge in [0.2, 0.25) is 5.91 Å². The summed E-state index contributed by atoms with van der Waals surface area (Å²) in [4.78, 5) is 22.3. The van der Waals surface area contributed by atoms with E-state index >= 15 is 0 Å². The number of fused-ring (bicyclic) bond motifs is 1. The van der Waals surface area contributed by atoms with Gasteiger partial charge in [-0.1, -0.05) is 17.7 Å². The third-order valence-corrected chi connectivity index (χ3v) is 8.20. The number of halogens is 1. The zero-order chi connectivity index (χ0) is 29.6. The molecule has 1 aliphatic rings. The van der Waals surface area contributed by atoms with Gasteiger partial charge in [0.05, 0.1) is 19.9 Å². The second kappa shape index (κ2) is 13.4. The number of carbonyl (C=O) groups is 1. The molecule has 10 heteroatoms. The number of nitrogens with one attached hydrogen (secondary N) is 1. The van der Waals surface area contributed by atoms with Crippen LogP contribution in [0, 0.1) is 13.8 Å². The van der Waals surface area contributed by atoms with E-state index in [1.165, 1.54) is 5.69 Å². The molecule has 0 unspecified atom stereocenters. The maximum absolute atomic E-state index is 12.7. The number of benzene rings is 2. The second-order valence-electron chi connectivity index (χ2n) is 10.6. The molecule has 0 radical (unpaired) electrons. The number of aromatic nitrogens is 3. The van der Waals surface area contributed by atoms with Crippen LogP contribution in [-0.4, -0.2) is 78.9 Å². The van der Waals surface area contributed by atoms with Crippen molar-refractivity contribution in [1.29, 1.82) is 0 Å². The van der Waals surface area contributed by atoms with E-state index in [9.17, 15) is 4.79 Å². The van der Waals surface area contributed by atoms with Crippen molar-refractivity contribution in [1.82, 2.24) is 24.8 Å². The number of nitrogens with zero attached hydrogens (tertiary/aromatic N) is 5. The van der Waals surface area contributed by atoms with Gasteiger partial charge in [0.25, 0.3) is 0 Å². The third-order valence-electron chi connectivity index (χ3n) is 7.97. The normalized spacial score (nSPS) is 13.9. The first kappa shape index (κ1) is 29.7. The number of hydrogen-bond acceptors (Lipinski definition) is 7. The van der Waals surface area contributed by atoms with Gasteiger partial charge in [-0.2, -0.15) is 5.10 Å². The lowest BCUT2D eigenvalue weighted by Gasteiger charge is -2.36. The topological polar surface area (TPSA) is 84.2 Å². The van der Waals surface area contributed by atoms with Crippen molar-refractivity contribution >= 4 is 28.8 Å². The summed E-state index contributed by atoms with van der Waals surface area (Å²) in [6, 6.07) is 15.7. The summed E-state index contributed by atoms with van der Waals surface area (Å²) in [5, 5.41) is 8.70. The van der Waals surface area contributed by atoms with Crippen molar-refractivity contribution < 1.29 is 14.3 Å². The van der Waals surface area contributed by atoms with Crippen LogP contribution in [0.2, 0.25) is 5.02 Å². The highest BCUT2D eigenvalue weighted by atomic mass is 35.5. The van der Waals surface area contributed by atoms with Gasteiger partial charge in [0.15, 0.2) is 5.65 Å². The Morgan fingerprint density at radius 2 is 1.83 bits per heavy atom. The Hall–Kier alpha value is -3.82. The molecular formula is C32H39ClN6O3. The van der Waals surface area contributed by atoms with E-state index in [0.29, 0.717) is 25.1 Å². The summed E-state index contributed by atoms with van der Waals surface area (Å²) in [6.45, 7) is 9.65. The smallest absolute Gasteiger partial charge is 0.220 e. The van der Waals surface area contributed by atoms with Crippen molar-refractivity contribution in [3.05, 3.63) is 70.5 Å². The van der Waals surface area contributed by atoms with E-state index in [1.807, 2.05) is 60.8 Å². The fourth-order valence-electron chi connectivity index (χ4n) is 5.59. The summed E-state index contributed by atoms with van der Waals surface area (Å²) in [6.07, 6.45) is 1.95. The number of anilines is 1. The molecule has 0 bridgehead atoms. The SMILES string of the molecule is COc1ccc(-c2cc3nc(C)c(CCC(=O)NCCCN4CCN(c5cccc(Cl)c5)CC4)c(C)n3n2)c(OC)c1. The molecule has 3 heterocycles. The van der Waals surface area contributed by atoms with Gasteiger partial charge in [-0.15, -0.1) is 0 Å². The molecule has 1 saturated heterocycles. The van der Waals surface area contributed by atoms with Gasteiger partial charge < -0.3 is 19.7 Å². The van der Waals surface area contributed by atoms with Crippen molar-refractivity contribution in [2.24, 2.45) is 0 Å². The summed E-state index contributed by atoms with van der Waals surface area (Å²) in [7, 11) is 3.26. The first-order valence-corrected chi connectivity index (χ1v) is 14.8. The summed E-state index contributed by atoms with van der Waals surface area (Å²) in [5.41, 5.74) is 6.53. The van der Waals surface area contributed by atoms with Crippen LogP contribution >= 0.6 is 11.6 Å². The van der Waals surface area contributed by atoms with Gasteiger partial charge in [-0.05, 0) is 69.1 Å². The Balaban J connectivity index is 1.11. The summed E-state index contributed by atoms with van der Waals surface area (Å²) < 4.78 is 12.8. The van der Waals surface area contributed by atoms with Gasteiger partial charge in [0, 0.05) is 78.9 Å². The molecule has 222 valence electrons. The minimum Gasteiger partial charge on any atom is -0.497 e. The predicted octanol–water partition coefficient (Wildman–Crippen LogP) is 4.94. The number of methoxy groups -OCH3 is 2. The van der Waals surface area contributed by atoms with Crippen LogP contribution in [0.5, 0.6) is 11.5 Å². The van der Waals surface area contributed by atoms with Crippen molar-refractivity contribution in [3.63, 3.8) is 0 Å². The average Bonchev–Trinajstić information content (AvgIpc) is 3.43. The standard InChI is InChI=1S/C32H39ClN6O3/c1-22-27(23(2)39-31(35-22)21-29(36-39)28-10-9-26(41-3)20-30(28)42-4)11-12-32(40)34-13-6-14-37-15-17-38(18-16-37)25-8-5-7-24(33)19-25/h5,7-10,19-21H,6,11-18H2,1-4H3,(H,34,40). The fraction of sp³-hybridized carbons (Fsp3) is 0.406. The highest BCUT2D eigenvalue weighted by Crippen LogP contribution is 2.33. The molecule has 0 spiro atoms. The highest BCUT2D eigenvalue weighted by molar-refractivity contribution is 6.30. The van der Waals surface area contributed by atoms with Crippen molar-refractivity contribution in [3.8, 4) is 22.8 Å². The minimum absolute atomic E-state index is 0.0591. The number of amides is 1. The lowest BCUT2D eigenvalue weighted by Crippen LogP contribution is -2.47. The number of hydrogen-bond donors (Lipinski definition) is 1. The number of rotatable bonds is 11. The van der Waals surface area contributed by atoms with E-state index < -0.39 is 0 Å². The molecule has 2 aromatic carbocycles.